The molecule has 0 radical (unpaired) electrons. The third kappa shape index (κ3) is 5.55. The average molecular weight is 333 g/mol. The molecule has 1 atom stereocenters. The third-order valence-corrected chi connectivity index (χ3v) is 4.75. The summed E-state index contributed by atoms with van der Waals surface area (Å²) in [7, 11) is 1.57. The number of hydrogen-bond donors (Lipinski definition) is 2. The van der Waals surface area contributed by atoms with Crippen molar-refractivity contribution in [3.63, 3.8) is 0 Å². The molecular weight excluding hydrogens is 306 g/mol. The van der Waals surface area contributed by atoms with Crippen molar-refractivity contribution < 1.29 is 19.4 Å². The molecule has 0 bridgehead atoms. The van der Waals surface area contributed by atoms with E-state index < -0.39 is 11.9 Å². The molecule has 1 fully saturated rings. The van der Waals surface area contributed by atoms with Crippen LogP contribution in [-0.4, -0.2) is 30.6 Å². The molecule has 1 aromatic carbocycles. The van der Waals surface area contributed by atoms with E-state index in [1.807, 2.05) is 24.3 Å². The summed E-state index contributed by atoms with van der Waals surface area (Å²) in [5.74, 6) is -0.461. The predicted octanol–water partition coefficient (Wildman–Crippen LogP) is 3.03. The zero-order valence-corrected chi connectivity index (χ0v) is 14.3. The van der Waals surface area contributed by atoms with Crippen LogP contribution >= 0.6 is 0 Å². The molecule has 2 rings (SSSR count). The fraction of sp³-hybridized carbons (Fsp3) is 0.579. The summed E-state index contributed by atoms with van der Waals surface area (Å²) in [5, 5.41) is 12.2. The lowest BCUT2D eigenvalue weighted by Gasteiger charge is -2.21. The maximum absolute atomic E-state index is 12.1. The molecule has 24 heavy (non-hydrogen) atoms. The maximum Gasteiger partial charge on any atom is 0.308 e. The predicted molar refractivity (Wildman–Crippen MR) is 92.0 cm³/mol. The van der Waals surface area contributed by atoms with Crippen molar-refractivity contribution in [3.05, 3.63) is 29.8 Å². The second kappa shape index (κ2) is 9.30. The van der Waals surface area contributed by atoms with Gasteiger partial charge in [0.25, 0.3) is 0 Å². The van der Waals surface area contributed by atoms with Crippen LogP contribution in [0.4, 0.5) is 0 Å². The summed E-state index contributed by atoms with van der Waals surface area (Å²) in [5.41, 5.74) is 0.842. The van der Waals surface area contributed by atoms with E-state index in [2.05, 4.69) is 5.32 Å². The standard InChI is InChI=1S/C19H27NO4/c1-24-17-10-6-5-9-15(17)12-16(19(22)23)13-20-18(21)11-14-7-3-2-4-8-14/h5-6,9-10,14,16H,2-4,7-8,11-13H2,1H3,(H,20,21)(H,22,23). The number of carboxylic acid groups (broad SMARTS) is 1. The second-order valence-electron chi connectivity index (χ2n) is 6.56. The Bertz CT molecular complexity index is 552. The summed E-state index contributed by atoms with van der Waals surface area (Å²) in [6.45, 7) is 0.152. The number of rotatable bonds is 8. The van der Waals surface area contributed by atoms with E-state index >= 15 is 0 Å². The Morgan fingerprint density at radius 1 is 1.25 bits per heavy atom. The summed E-state index contributed by atoms with van der Waals surface area (Å²) < 4.78 is 5.27. The zero-order chi connectivity index (χ0) is 17.4. The van der Waals surface area contributed by atoms with Crippen LogP contribution < -0.4 is 10.1 Å². The van der Waals surface area contributed by atoms with E-state index in [4.69, 9.17) is 4.74 Å². The minimum Gasteiger partial charge on any atom is -0.496 e. The Balaban J connectivity index is 1.86. The molecule has 0 saturated heterocycles. The van der Waals surface area contributed by atoms with Gasteiger partial charge < -0.3 is 15.2 Å². The fourth-order valence-corrected chi connectivity index (χ4v) is 3.35. The van der Waals surface area contributed by atoms with Gasteiger partial charge in [-0.25, -0.2) is 0 Å². The molecule has 1 aliphatic carbocycles. The van der Waals surface area contributed by atoms with Gasteiger partial charge in [0, 0.05) is 13.0 Å². The molecule has 1 unspecified atom stereocenters. The lowest BCUT2D eigenvalue weighted by molar-refractivity contribution is -0.141. The van der Waals surface area contributed by atoms with Crippen molar-refractivity contribution in [2.24, 2.45) is 11.8 Å². The molecule has 5 nitrogen and oxygen atoms in total. The van der Waals surface area contributed by atoms with E-state index in [9.17, 15) is 14.7 Å². The number of aliphatic carboxylic acids is 1. The van der Waals surface area contributed by atoms with Crippen molar-refractivity contribution >= 4 is 11.9 Å². The molecule has 5 heteroatoms. The Morgan fingerprint density at radius 2 is 1.96 bits per heavy atom. The average Bonchev–Trinajstić information content (AvgIpc) is 2.59. The monoisotopic (exact) mass is 333 g/mol. The van der Waals surface area contributed by atoms with Gasteiger partial charge in [-0.1, -0.05) is 37.5 Å². The van der Waals surface area contributed by atoms with Gasteiger partial charge in [0.15, 0.2) is 0 Å². The van der Waals surface area contributed by atoms with E-state index in [0.717, 1.165) is 18.4 Å². The Hall–Kier alpha value is -2.04. The highest BCUT2D eigenvalue weighted by Gasteiger charge is 2.22. The molecule has 132 valence electrons. The number of carbonyl (C=O) groups is 2. The minimum absolute atomic E-state index is 0.0341. The molecule has 0 aromatic heterocycles. The molecule has 1 amide bonds. The number of hydrogen-bond acceptors (Lipinski definition) is 3. The molecule has 0 heterocycles. The molecular formula is C19H27NO4. The molecule has 1 saturated carbocycles. The van der Waals surface area contributed by atoms with Gasteiger partial charge in [0.2, 0.25) is 5.91 Å². The van der Waals surface area contributed by atoms with Gasteiger partial charge in [0.05, 0.1) is 13.0 Å². The molecule has 1 aromatic rings. The number of carbonyl (C=O) groups excluding carboxylic acids is 1. The van der Waals surface area contributed by atoms with Crippen LogP contribution in [0, 0.1) is 11.8 Å². The van der Waals surface area contributed by atoms with Gasteiger partial charge in [0.1, 0.15) is 5.75 Å². The van der Waals surface area contributed by atoms with E-state index in [1.54, 1.807) is 7.11 Å². The number of carboxylic acids is 1. The van der Waals surface area contributed by atoms with Crippen LogP contribution in [0.15, 0.2) is 24.3 Å². The Kier molecular flexibility index (Phi) is 7.09. The first-order chi connectivity index (χ1) is 11.6. The van der Waals surface area contributed by atoms with Crippen molar-refractivity contribution in [3.8, 4) is 5.75 Å². The number of benzene rings is 1. The number of para-hydroxylation sites is 1. The smallest absolute Gasteiger partial charge is 0.308 e. The van der Waals surface area contributed by atoms with Gasteiger partial charge >= 0.3 is 5.97 Å². The summed E-state index contributed by atoms with van der Waals surface area (Å²) >= 11 is 0. The van der Waals surface area contributed by atoms with E-state index in [-0.39, 0.29) is 12.5 Å². The van der Waals surface area contributed by atoms with Crippen molar-refractivity contribution in [2.75, 3.05) is 13.7 Å². The van der Waals surface area contributed by atoms with Crippen molar-refractivity contribution in [1.29, 1.82) is 0 Å². The largest absolute Gasteiger partial charge is 0.496 e. The highest BCUT2D eigenvalue weighted by Crippen LogP contribution is 2.26. The molecule has 0 spiro atoms. The van der Waals surface area contributed by atoms with Gasteiger partial charge in [-0.3, -0.25) is 9.59 Å². The van der Waals surface area contributed by atoms with E-state index in [0.29, 0.717) is 24.5 Å². The summed E-state index contributed by atoms with van der Waals surface area (Å²) in [6.07, 6.45) is 6.73. The maximum atomic E-state index is 12.1. The SMILES string of the molecule is COc1ccccc1CC(CNC(=O)CC1CCCCC1)C(=O)O. The molecule has 2 N–H and O–H groups in total. The van der Waals surface area contributed by atoms with Crippen molar-refractivity contribution in [1.82, 2.24) is 5.32 Å². The van der Waals surface area contributed by atoms with Crippen LogP contribution in [0.2, 0.25) is 0 Å². The van der Waals surface area contributed by atoms with Gasteiger partial charge in [-0.05, 0) is 36.8 Å². The topological polar surface area (TPSA) is 75.6 Å². The van der Waals surface area contributed by atoms with Crippen LogP contribution in [-0.2, 0) is 16.0 Å². The summed E-state index contributed by atoms with van der Waals surface area (Å²) in [4.78, 5) is 23.6. The highest BCUT2D eigenvalue weighted by molar-refractivity contribution is 5.77. The Morgan fingerprint density at radius 3 is 2.62 bits per heavy atom. The highest BCUT2D eigenvalue weighted by atomic mass is 16.5. The first-order valence-corrected chi connectivity index (χ1v) is 8.71. The quantitative estimate of drug-likeness (QED) is 0.767. The number of nitrogens with one attached hydrogen (secondary N) is 1. The van der Waals surface area contributed by atoms with Crippen LogP contribution in [0.1, 0.15) is 44.1 Å². The lowest BCUT2D eigenvalue weighted by atomic mass is 9.87. The number of methoxy groups -OCH3 is 1. The number of ether oxygens (including phenoxy) is 1. The molecule has 0 aliphatic heterocycles. The van der Waals surface area contributed by atoms with Crippen molar-refractivity contribution in [2.45, 2.75) is 44.9 Å². The zero-order valence-electron chi connectivity index (χ0n) is 14.3. The lowest BCUT2D eigenvalue weighted by Crippen LogP contribution is -2.35. The van der Waals surface area contributed by atoms with Crippen LogP contribution in [0.25, 0.3) is 0 Å². The first-order valence-electron chi connectivity index (χ1n) is 8.71. The minimum atomic E-state index is -0.904. The van der Waals surface area contributed by atoms with Crippen LogP contribution in [0.3, 0.4) is 0 Å². The summed E-state index contributed by atoms with van der Waals surface area (Å²) in [6, 6.07) is 7.39. The molecule has 1 aliphatic rings. The Labute approximate surface area is 143 Å². The van der Waals surface area contributed by atoms with Crippen LogP contribution in [0.5, 0.6) is 5.75 Å². The van der Waals surface area contributed by atoms with Gasteiger partial charge in [-0.2, -0.15) is 0 Å². The fourth-order valence-electron chi connectivity index (χ4n) is 3.35. The normalized spacial score (nSPS) is 16.4. The van der Waals surface area contributed by atoms with Gasteiger partial charge in [-0.15, -0.1) is 0 Å². The number of amides is 1. The first kappa shape index (κ1) is 18.3. The second-order valence-corrected chi connectivity index (χ2v) is 6.56. The third-order valence-electron chi connectivity index (χ3n) is 4.75. The van der Waals surface area contributed by atoms with E-state index in [1.165, 1.54) is 19.3 Å².